The Balaban J connectivity index is 1.57. The van der Waals surface area contributed by atoms with Crippen molar-refractivity contribution in [2.45, 2.75) is 13.3 Å². The average molecular weight is 536 g/mol. The Labute approximate surface area is 225 Å². The van der Waals surface area contributed by atoms with Gasteiger partial charge in [0.25, 0.3) is 5.69 Å². The highest BCUT2D eigenvalue weighted by Crippen LogP contribution is 2.22. The van der Waals surface area contributed by atoms with Crippen molar-refractivity contribution in [2.24, 2.45) is 0 Å². The summed E-state index contributed by atoms with van der Waals surface area (Å²) in [4.78, 5) is 49.0. The molecule has 0 bridgehead atoms. The molecule has 3 aromatic rings. The number of carbonyl (C=O) groups is 3. The van der Waals surface area contributed by atoms with Gasteiger partial charge in [-0.15, -0.1) is 0 Å². The summed E-state index contributed by atoms with van der Waals surface area (Å²) in [6.45, 7) is 2.53. The summed E-state index contributed by atoms with van der Waals surface area (Å²) >= 11 is 0. The predicted molar refractivity (Wildman–Crippen MR) is 146 cm³/mol. The van der Waals surface area contributed by atoms with Crippen LogP contribution in [-0.4, -0.2) is 49.8 Å². The molecule has 3 N–H and O–H groups in total. The molecule has 3 rings (SSSR count). The number of benzene rings is 3. The number of nitrogens with one attached hydrogen (secondary N) is 3. The van der Waals surface area contributed by atoms with Crippen LogP contribution in [0.3, 0.4) is 0 Å². The number of methoxy groups -OCH3 is 1. The van der Waals surface area contributed by atoms with Crippen LogP contribution >= 0.6 is 0 Å². The van der Waals surface area contributed by atoms with Crippen LogP contribution in [0.5, 0.6) is 5.75 Å². The maximum atomic E-state index is 13.1. The van der Waals surface area contributed by atoms with E-state index in [-0.39, 0.29) is 25.4 Å². The molecular weight excluding hydrogens is 506 g/mol. The highest BCUT2D eigenvalue weighted by Gasteiger charge is 2.17. The van der Waals surface area contributed by atoms with E-state index in [9.17, 15) is 24.5 Å². The molecule has 0 fully saturated rings. The highest BCUT2D eigenvalue weighted by atomic mass is 16.6. The summed E-state index contributed by atoms with van der Waals surface area (Å²) in [6, 6.07) is 17.9. The van der Waals surface area contributed by atoms with Gasteiger partial charge in [0.05, 0.1) is 24.2 Å². The van der Waals surface area contributed by atoms with E-state index in [0.717, 1.165) is 0 Å². The minimum absolute atomic E-state index is 0.0840. The monoisotopic (exact) mass is 535 g/mol. The number of amides is 4. The van der Waals surface area contributed by atoms with E-state index in [2.05, 4.69) is 16.0 Å². The summed E-state index contributed by atoms with van der Waals surface area (Å²) in [7, 11) is 1.54. The number of non-ortho nitro benzene ring substituents is 1. The number of nitro benzene ring substituents is 1. The van der Waals surface area contributed by atoms with Gasteiger partial charge < -0.3 is 25.4 Å². The van der Waals surface area contributed by atoms with E-state index in [0.29, 0.717) is 34.8 Å². The Morgan fingerprint density at radius 2 is 1.51 bits per heavy atom. The maximum absolute atomic E-state index is 13.1. The van der Waals surface area contributed by atoms with Crippen LogP contribution in [0, 0.1) is 10.1 Å². The summed E-state index contributed by atoms with van der Waals surface area (Å²) < 4.78 is 10.1. The average Bonchev–Trinajstić information content (AvgIpc) is 2.94. The Hall–Kier alpha value is -5.13. The van der Waals surface area contributed by atoms with Crippen molar-refractivity contribution in [1.29, 1.82) is 0 Å². The lowest BCUT2D eigenvalue weighted by atomic mass is 10.2. The Morgan fingerprint density at radius 1 is 0.897 bits per heavy atom. The second-order valence-electron chi connectivity index (χ2n) is 8.12. The summed E-state index contributed by atoms with van der Waals surface area (Å²) in [5.74, 6) is 0.190. The first-order chi connectivity index (χ1) is 18.8. The predicted octanol–water partition coefficient (Wildman–Crippen LogP) is 5.03. The molecule has 0 aromatic heterocycles. The van der Waals surface area contributed by atoms with E-state index in [1.807, 2.05) is 0 Å². The SMILES string of the molecule is CCOC(=O)c1ccc(NC(=O)NCCCN(C(=O)Nc2ccc([N+](=O)[O-])cc2)c2ccc(OC)cc2)cc1. The topological polar surface area (TPSA) is 152 Å². The van der Waals surface area contributed by atoms with Crippen LogP contribution < -0.4 is 25.6 Å². The Morgan fingerprint density at radius 3 is 2.10 bits per heavy atom. The number of nitro groups is 1. The summed E-state index contributed by atoms with van der Waals surface area (Å²) in [5, 5.41) is 19.0. The molecule has 39 heavy (non-hydrogen) atoms. The molecule has 0 aliphatic heterocycles. The molecule has 0 radical (unpaired) electrons. The zero-order valence-electron chi connectivity index (χ0n) is 21.5. The van der Waals surface area contributed by atoms with Crippen molar-refractivity contribution in [3.05, 3.63) is 88.5 Å². The van der Waals surface area contributed by atoms with Crippen LogP contribution in [-0.2, 0) is 4.74 Å². The minimum atomic E-state index is -0.517. The summed E-state index contributed by atoms with van der Waals surface area (Å²) in [6.07, 6.45) is 0.426. The van der Waals surface area contributed by atoms with E-state index in [4.69, 9.17) is 9.47 Å². The van der Waals surface area contributed by atoms with E-state index in [1.54, 1.807) is 62.6 Å². The second-order valence-corrected chi connectivity index (χ2v) is 8.12. The molecule has 12 nitrogen and oxygen atoms in total. The van der Waals surface area contributed by atoms with Crippen LogP contribution in [0.25, 0.3) is 0 Å². The van der Waals surface area contributed by atoms with Gasteiger partial charge in [0.15, 0.2) is 0 Å². The number of anilines is 3. The lowest BCUT2D eigenvalue weighted by molar-refractivity contribution is -0.384. The van der Waals surface area contributed by atoms with Crippen molar-refractivity contribution in [1.82, 2.24) is 5.32 Å². The zero-order valence-corrected chi connectivity index (χ0v) is 21.5. The van der Waals surface area contributed by atoms with E-state index >= 15 is 0 Å². The molecule has 0 saturated carbocycles. The number of nitrogens with zero attached hydrogens (tertiary/aromatic N) is 2. The van der Waals surface area contributed by atoms with Gasteiger partial charge >= 0.3 is 18.0 Å². The second kappa shape index (κ2) is 14.0. The van der Waals surface area contributed by atoms with E-state index < -0.39 is 23.0 Å². The van der Waals surface area contributed by atoms with Gasteiger partial charge in [-0.2, -0.15) is 0 Å². The number of rotatable bonds is 11. The molecule has 12 heteroatoms. The van der Waals surface area contributed by atoms with Gasteiger partial charge in [-0.25, -0.2) is 14.4 Å². The molecule has 0 heterocycles. The van der Waals surface area contributed by atoms with Crippen molar-refractivity contribution in [3.8, 4) is 5.75 Å². The van der Waals surface area contributed by atoms with Gasteiger partial charge in [-0.3, -0.25) is 15.0 Å². The molecule has 4 amide bonds. The third-order valence-corrected chi connectivity index (χ3v) is 5.46. The quantitative estimate of drug-likeness (QED) is 0.135. The van der Waals surface area contributed by atoms with Crippen molar-refractivity contribution < 1.29 is 28.8 Å². The first kappa shape index (κ1) is 28.4. The third kappa shape index (κ3) is 8.45. The molecule has 3 aromatic carbocycles. The third-order valence-electron chi connectivity index (χ3n) is 5.46. The van der Waals surface area contributed by atoms with E-state index in [1.165, 1.54) is 29.2 Å². The van der Waals surface area contributed by atoms with Crippen molar-refractivity contribution in [3.63, 3.8) is 0 Å². The number of hydrogen-bond acceptors (Lipinski definition) is 7. The lowest BCUT2D eigenvalue weighted by Gasteiger charge is -2.23. The fraction of sp³-hybridized carbons (Fsp3) is 0.222. The van der Waals surface area contributed by atoms with Gasteiger partial charge in [-0.1, -0.05) is 0 Å². The smallest absolute Gasteiger partial charge is 0.338 e. The minimum Gasteiger partial charge on any atom is -0.497 e. The molecular formula is C27H29N5O7. The van der Waals surface area contributed by atoms with Gasteiger partial charge in [0.1, 0.15) is 5.75 Å². The molecule has 0 unspecified atom stereocenters. The molecule has 0 saturated heterocycles. The number of urea groups is 2. The molecule has 0 aliphatic carbocycles. The Kier molecular flexibility index (Phi) is 10.2. The molecule has 204 valence electrons. The summed E-state index contributed by atoms with van der Waals surface area (Å²) in [5.41, 5.74) is 1.80. The number of hydrogen-bond donors (Lipinski definition) is 3. The molecule has 0 aliphatic rings. The molecule has 0 spiro atoms. The largest absolute Gasteiger partial charge is 0.497 e. The zero-order chi connectivity index (χ0) is 28.2. The van der Waals surface area contributed by atoms with Gasteiger partial charge in [-0.05, 0) is 74.0 Å². The van der Waals surface area contributed by atoms with Crippen molar-refractivity contribution in [2.75, 3.05) is 42.3 Å². The van der Waals surface area contributed by atoms with Crippen molar-refractivity contribution >= 4 is 40.8 Å². The van der Waals surface area contributed by atoms with Gasteiger partial charge in [0.2, 0.25) is 0 Å². The maximum Gasteiger partial charge on any atom is 0.338 e. The normalized spacial score (nSPS) is 10.2. The van der Waals surface area contributed by atoms with Crippen LogP contribution in [0.1, 0.15) is 23.7 Å². The van der Waals surface area contributed by atoms with Crippen LogP contribution in [0.4, 0.5) is 32.3 Å². The number of esters is 1. The first-order valence-electron chi connectivity index (χ1n) is 12.1. The first-order valence-corrected chi connectivity index (χ1v) is 12.1. The molecule has 0 atom stereocenters. The van der Waals surface area contributed by atoms with Gasteiger partial charge in [0, 0.05) is 42.3 Å². The van der Waals surface area contributed by atoms with Crippen LogP contribution in [0.2, 0.25) is 0 Å². The standard InChI is InChI=1S/C27H29N5O7/c1-3-39-25(33)19-5-7-20(8-6-19)29-26(34)28-17-4-18-31(22-13-15-24(38-2)16-14-22)27(35)30-21-9-11-23(12-10-21)32(36)37/h5-16H,3-4,17-18H2,1-2H3,(H,30,35)(H2,28,29,34). The fourth-order valence-corrected chi connectivity index (χ4v) is 3.49. The lowest BCUT2D eigenvalue weighted by Crippen LogP contribution is -2.38. The highest BCUT2D eigenvalue weighted by molar-refractivity contribution is 6.01. The van der Waals surface area contributed by atoms with Crippen LogP contribution in [0.15, 0.2) is 72.8 Å². The number of ether oxygens (including phenoxy) is 2. The fourth-order valence-electron chi connectivity index (χ4n) is 3.49. The number of carbonyl (C=O) groups excluding carboxylic acids is 3. The Bertz CT molecular complexity index is 1280.